The molecule has 3 rings (SSSR count). The van der Waals surface area contributed by atoms with Gasteiger partial charge in [-0.25, -0.2) is 4.85 Å². The van der Waals surface area contributed by atoms with E-state index in [2.05, 4.69) is 4.85 Å². The molecule has 0 spiro atoms. The van der Waals surface area contributed by atoms with Crippen LogP contribution in [0.15, 0.2) is 53.3 Å². The molecule has 0 saturated heterocycles. The minimum Gasteiger partial charge on any atom is -0.392 e. The Balaban J connectivity index is 2.30. The number of aliphatic hydroxyl groups is 1. The summed E-state index contributed by atoms with van der Waals surface area (Å²) in [6, 6.07) is 12.7. The Hall–Kier alpha value is -3.37. The molecule has 30 heavy (non-hydrogen) atoms. The number of aliphatic hydroxyl groups excluding tert-OH is 1. The lowest BCUT2D eigenvalue weighted by molar-refractivity contribution is -0.136. The minimum absolute atomic E-state index is 0.0304. The van der Waals surface area contributed by atoms with Crippen molar-refractivity contribution in [2.24, 2.45) is 0 Å². The fourth-order valence-electron chi connectivity index (χ4n) is 3.33. The van der Waals surface area contributed by atoms with Gasteiger partial charge >= 0.3 is 6.18 Å². The van der Waals surface area contributed by atoms with E-state index in [0.717, 1.165) is 22.8 Å². The molecule has 154 valence electrons. The van der Waals surface area contributed by atoms with E-state index in [4.69, 9.17) is 6.57 Å². The predicted octanol–water partition coefficient (Wildman–Crippen LogP) is 5.24. The topological polar surface area (TPSA) is 46.6 Å². The Morgan fingerprint density at radius 3 is 2.27 bits per heavy atom. The van der Waals surface area contributed by atoms with Gasteiger partial charge in [-0.3, -0.25) is 4.79 Å². The zero-order valence-electron chi connectivity index (χ0n) is 16.4. The summed E-state index contributed by atoms with van der Waals surface area (Å²) in [5.41, 5.74) is 0.554. The lowest BCUT2D eigenvalue weighted by atomic mass is 10.0. The zero-order valence-corrected chi connectivity index (χ0v) is 16.4. The number of aryl methyl sites for hydroxylation is 2. The second kappa shape index (κ2) is 8.17. The lowest BCUT2D eigenvalue weighted by Gasteiger charge is -2.19. The molecule has 0 aliphatic heterocycles. The summed E-state index contributed by atoms with van der Waals surface area (Å²) < 4.78 is 41.9. The average molecular weight is 412 g/mol. The van der Waals surface area contributed by atoms with Crippen LogP contribution in [-0.4, -0.2) is 9.67 Å². The number of halogens is 3. The highest BCUT2D eigenvalue weighted by Gasteiger charge is 2.36. The summed E-state index contributed by atoms with van der Waals surface area (Å²) in [6.45, 7) is 10.8. The van der Waals surface area contributed by atoms with Gasteiger partial charge in [0.15, 0.2) is 0 Å². The van der Waals surface area contributed by atoms with E-state index < -0.39 is 23.0 Å². The van der Waals surface area contributed by atoms with Crippen molar-refractivity contribution in [3.63, 3.8) is 0 Å². The highest BCUT2D eigenvalue weighted by atomic mass is 19.4. The number of nitrogens with zero attached hydrogens (tertiary/aromatic N) is 2. The summed E-state index contributed by atoms with van der Waals surface area (Å²) in [4.78, 5) is 15.9. The molecule has 0 amide bonds. The van der Waals surface area contributed by atoms with Crippen LogP contribution in [0.2, 0.25) is 0 Å². The molecule has 0 aliphatic carbocycles. The zero-order chi connectivity index (χ0) is 22.1. The third-order valence-electron chi connectivity index (χ3n) is 4.95. The molecule has 7 heteroatoms. The van der Waals surface area contributed by atoms with Crippen LogP contribution in [0.4, 0.5) is 18.9 Å². The Morgan fingerprint density at radius 1 is 1.07 bits per heavy atom. The SMILES string of the molecule is [C-]#[N+]c1c(C(F)(F)F)cc(-c2ccc(CO)cc2)n(Cc2ccc(C)cc2C)c1=O. The van der Waals surface area contributed by atoms with Crippen LogP contribution in [0.1, 0.15) is 27.8 Å². The van der Waals surface area contributed by atoms with Crippen LogP contribution in [0.3, 0.4) is 0 Å². The summed E-state index contributed by atoms with van der Waals surface area (Å²) in [6.07, 6.45) is -4.84. The Bertz CT molecular complexity index is 1190. The Kier molecular flexibility index (Phi) is 5.81. The van der Waals surface area contributed by atoms with E-state index >= 15 is 0 Å². The summed E-state index contributed by atoms with van der Waals surface area (Å²) in [5, 5.41) is 9.23. The molecule has 4 nitrogen and oxygen atoms in total. The number of benzene rings is 2. The van der Waals surface area contributed by atoms with Crippen LogP contribution in [0.25, 0.3) is 16.1 Å². The van der Waals surface area contributed by atoms with Crippen LogP contribution in [-0.2, 0) is 19.3 Å². The maximum absolute atomic E-state index is 13.6. The summed E-state index contributed by atoms with van der Waals surface area (Å²) >= 11 is 0. The third-order valence-corrected chi connectivity index (χ3v) is 4.95. The minimum atomic E-state index is -4.84. The molecule has 0 radical (unpaired) electrons. The monoisotopic (exact) mass is 412 g/mol. The van der Waals surface area contributed by atoms with Crippen molar-refractivity contribution in [3.8, 4) is 11.3 Å². The molecule has 0 aliphatic rings. The van der Waals surface area contributed by atoms with Gasteiger partial charge in [-0.2, -0.15) is 13.2 Å². The number of alkyl halides is 3. The second-order valence-electron chi connectivity index (χ2n) is 7.08. The molecule has 0 atom stereocenters. The first kappa shape index (κ1) is 21.3. The quantitative estimate of drug-likeness (QED) is 0.596. The van der Waals surface area contributed by atoms with Crippen molar-refractivity contribution in [3.05, 3.63) is 98.1 Å². The predicted molar refractivity (Wildman–Crippen MR) is 108 cm³/mol. The fraction of sp³-hybridized carbons (Fsp3) is 0.217. The van der Waals surface area contributed by atoms with Gasteiger partial charge in [0, 0.05) is 5.69 Å². The van der Waals surface area contributed by atoms with Gasteiger partial charge in [0.2, 0.25) is 0 Å². The number of pyridine rings is 1. The van der Waals surface area contributed by atoms with Crippen molar-refractivity contribution in [2.45, 2.75) is 33.2 Å². The van der Waals surface area contributed by atoms with Crippen LogP contribution in [0, 0.1) is 20.4 Å². The average Bonchev–Trinajstić information content (AvgIpc) is 2.70. The van der Waals surface area contributed by atoms with Crippen molar-refractivity contribution in [1.29, 1.82) is 0 Å². The van der Waals surface area contributed by atoms with E-state index in [1.165, 1.54) is 4.57 Å². The summed E-state index contributed by atoms with van der Waals surface area (Å²) in [7, 11) is 0. The van der Waals surface area contributed by atoms with E-state index in [9.17, 15) is 23.1 Å². The number of aromatic nitrogens is 1. The molecule has 0 unspecified atom stereocenters. The van der Waals surface area contributed by atoms with Gasteiger partial charge < -0.3 is 9.67 Å². The maximum atomic E-state index is 13.6. The van der Waals surface area contributed by atoms with Crippen molar-refractivity contribution in [1.82, 2.24) is 4.57 Å². The first-order valence-electron chi connectivity index (χ1n) is 9.14. The largest absolute Gasteiger partial charge is 0.407 e. The smallest absolute Gasteiger partial charge is 0.392 e. The second-order valence-corrected chi connectivity index (χ2v) is 7.08. The standard InChI is InChI=1S/C23H19F3N2O2/c1-14-4-7-18(15(2)10-14)12-28-20(17-8-5-16(13-29)6-9-17)11-19(23(24,25)26)21(27-3)22(28)30/h4-11,29H,12-13H2,1-2H3. The van der Waals surface area contributed by atoms with Gasteiger partial charge in [0.1, 0.15) is 0 Å². The maximum Gasteiger partial charge on any atom is 0.407 e. The highest BCUT2D eigenvalue weighted by molar-refractivity contribution is 5.66. The van der Waals surface area contributed by atoms with Gasteiger partial charge in [-0.1, -0.05) is 48.0 Å². The molecule has 0 fully saturated rings. The van der Waals surface area contributed by atoms with E-state index in [0.29, 0.717) is 11.1 Å². The fourth-order valence-corrected chi connectivity index (χ4v) is 3.33. The third kappa shape index (κ3) is 4.14. The van der Waals surface area contributed by atoms with Crippen LogP contribution in [0.5, 0.6) is 0 Å². The Labute approximate surface area is 171 Å². The number of rotatable bonds is 4. The van der Waals surface area contributed by atoms with Gasteiger partial charge in [-0.05, 0) is 42.2 Å². The molecule has 1 heterocycles. The van der Waals surface area contributed by atoms with Gasteiger partial charge in [0.25, 0.3) is 11.2 Å². The molecular formula is C23H19F3N2O2. The van der Waals surface area contributed by atoms with Crippen LogP contribution >= 0.6 is 0 Å². The first-order valence-corrected chi connectivity index (χ1v) is 9.14. The summed E-state index contributed by atoms with van der Waals surface area (Å²) in [5.74, 6) is 0. The molecule has 2 aromatic carbocycles. The van der Waals surface area contributed by atoms with Crippen molar-refractivity contribution >= 4 is 5.69 Å². The molecule has 1 N–H and O–H groups in total. The molecule has 0 bridgehead atoms. The van der Waals surface area contributed by atoms with Crippen LogP contribution < -0.4 is 5.56 Å². The molecule has 0 saturated carbocycles. The van der Waals surface area contributed by atoms with E-state index in [1.807, 2.05) is 32.0 Å². The number of hydrogen-bond donors (Lipinski definition) is 1. The molecular weight excluding hydrogens is 393 g/mol. The first-order chi connectivity index (χ1) is 14.2. The van der Waals surface area contributed by atoms with Crippen molar-refractivity contribution < 1.29 is 18.3 Å². The molecule has 1 aromatic heterocycles. The van der Waals surface area contributed by atoms with Gasteiger partial charge in [0.05, 0.1) is 25.3 Å². The number of hydrogen-bond acceptors (Lipinski definition) is 2. The van der Waals surface area contributed by atoms with Crippen molar-refractivity contribution in [2.75, 3.05) is 0 Å². The molecule has 3 aromatic rings. The normalized spacial score (nSPS) is 11.4. The van der Waals surface area contributed by atoms with E-state index in [-0.39, 0.29) is 18.8 Å². The highest BCUT2D eigenvalue weighted by Crippen LogP contribution is 2.37. The van der Waals surface area contributed by atoms with Gasteiger partial charge in [-0.15, -0.1) is 0 Å². The lowest BCUT2D eigenvalue weighted by Crippen LogP contribution is -2.25. The van der Waals surface area contributed by atoms with E-state index in [1.54, 1.807) is 24.3 Å². The Morgan fingerprint density at radius 2 is 1.73 bits per heavy atom.